The van der Waals surface area contributed by atoms with Crippen LogP contribution in [0.25, 0.3) is 0 Å². The molecule has 0 bridgehead atoms. The molecule has 110 valence electrons. The molecule has 0 aromatic carbocycles. The molecule has 0 atom stereocenters. The summed E-state index contributed by atoms with van der Waals surface area (Å²) in [6, 6.07) is 2.14. The van der Waals surface area contributed by atoms with E-state index in [0.717, 1.165) is 12.8 Å². The van der Waals surface area contributed by atoms with Crippen molar-refractivity contribution in [2.24, 2.45) is 0 Å². The Hall–Kier alpha value is -1.89. The van der Waals surface area contributed by atoms with Gasteiger partial charge in [-0.3, -0.25) is 4.79 Å². The number of amides is 1. The molecule has 1 aliphatic rings. The average molecular weight is 279 g/mol. The second kappa shape index (κ2) is 7.04. The van der Waals surface area contributed by atoms with E-state index in [-0.39, 0.29) is 12.5 Å². The molecule has 1 fully saturated rings. The van der Waals surface area contributed by atoms with Gasteiger partial charge in [-0.05, 0) is 19.8 Å². The molecular formula is C13H21N5O2. The van der Waals surface area contributed by atoms with Crippen LogP contribution in [0, 0.1) is 0 Å². The molecular weight excluding hydrogens is 258 g/mol. The van der Waals surface area contributed by atoms with Crippen LogP contribution in [0.2, 0.25) is 0 Å². The van der Waals surface area contributed by atoms with Crippen molar-refractivity contribution in [2.75, 3.05) is 30.8 Å². The lowest BCUT2D eigenvalue weighted by atomic mass is 10.4. The number of carbonyl (C=O) groups excluding carboxylic acids is 1. The van der Waals surface area contributed by atoms with Gasteiger partial charge in [0.2, 0.25) is 5.91 Å². The Bertz CT molecular complexity index is 462. The van der Waals surface area contributed by atoms with E-state index in [1.165, 1.54) is 0 Å². The highest BCUT2D eigenvalue weighted by molar-refractivity contribution is 5.81. The molecule has 1 aromatic heterocycles. The third kappa shape index (κ3) is 4.65. The quantitative estimate of drug-likeness (QED) is 0.650. The van der Waals surface area contributed by atoms with E-state index in [1.807, 2.05) is 6.92 Å². The van der Waals surface area contributed by atoms with E-state index in [2.05, 4.69) is 25.9 Å². The highest BCUT2D eigenvalue weighted by Crippen LogP contribution is 2.18. The summed E-state index contributed by atoms with van der Waals surface area (Å²) in [6.07, 6.45) is 2.17. The Labute approximate surface area is 118 Å². The maximum Gasteiger partial charge on any atom is 0.239 e. The van der Waals surface area contributed by atoms with Crippen LogP contribution >= 0.6 is 0 Å². The topological polar surface area (TPSA) is 88.2 Å². The summed E-state index contributed by atoms with van der Waals surface area (Å²) >= 11 is 0. The lowest BCUT2D eigenvalue weighted by Crippen LogP contribution is -2.31. The van der Waals surface area contributed by atoms with Gasteiger partial charge in [0.1, 0.15) is 18.2 Å². The first-order valence-corrected chi connectivity index (χ1v) is 6.88. The summed E-state index contributed by atoms with van der Waals surface area (Å²) in [4.78, 5) is 20.2. The van der Waals surface area contributed by atoms with Gasteiger partial charge in [0, 0.05) is 25.8 Å². The van der Waals surface area contributed by atoms with Gasteiger partial charge in [-0.25, -0.2) is 9.97 Å². The monoisotopic (exact) mass is 279 g/mol. The second-order valence-electron chi connectivity index (χ2n) is 4.64. The molecule has 0 unspecified atom stereocenters. The first kappa shape index (κ1) is 14.5. The third-order valence-electron chi connectivity index (χ3n) is 2.84. The fourth-order valence-electron chi connectivity index (χ4n) is 1.65. The number of nitrogens with zero attached hydrogens (tertiary/aromatic N) is 2. The molecule has 7 nitrogen and oxygen atoms in total. The number of hydrogen-bond donors (Lipinski definition) is 3. The molecule has 0 radical (unpaired) electrons. The number of ether oxygens (including phenoxy) is 1. The van der Waals surface area contributed by atoms with Crippen molar-refractivity contribution in [3.63, 3.8) is 0 Å². The Kier molecular flexibility index (Phi) is 5.11. The highest BCUT2D eigenvalue weighted by Gasteiger charge is 2.22. The van der Waals surface area contributed by atoms with E-state index in [4.69, 9.17) is 4.74 Å². The van der Waals surface area contributed by atoms with Crippen molar-refractivity contribution in [3.8, 4) is 0 Å². The molecule has 7 heteroatoms. The average Bonchev–Trinajstić information content (AvgIpc) is 3.26. The fraction of sp³-hybridized carbons (Fsp3) is 0.615. The van der Waals surface area contributed by atoms with Crippen LogP contribution in [0.15, 0.2) is 6.07 Å². The van der Waals surface area contributed by atoms with Crippen LogP contribution in [-0.4, -0.2) is 42.1 Å². The van der Waals surface area contributed by atoms with Crippen molar-refractivity contribution in [3.05, 3.63) is 11.9 Å². The molecule has 0 aliphatic heterocycles. The van der Waals surface area contributed by atoms with Gasteiger partial charge in [-0.2, -0.15) is 0 Å². The van der Waals surface area contributed by atoms with Gasteiger partial charge in [-0.1, -0.05) is 0 Å². The minimum atomic E-state index is -0.0107. The lowest BCUT2D eigenvalue weighted by Gasteiger charge is -2.10. The molecule has 0 spiro atoms. The van der Waals surface area contributed by atoms with Crippen molar-refractivity contribution in [2.45, 2.75) is 32.4 Å². The van der Waals surface area contributed by atoms with Gasteiger partial charge in [0.05, 0.1) is 6.54 Å². The summed E-state index contributed by atoms with van der Waals surface area (Å²) in [5.41, 5.74) is 0. The molecule has 0 saturated heterocycles. The zero-order chi connectivity index (χ0) is 14.4. The smallest absolute Gasteiger partial charge is 0.239 e. The Morgan fingerprint density at radius 1 is 1.40 bits per heavy atom. The van der Waals surface area contributed by atoms with E-state index < -0.39 is 0 Å². The normalized spacial score (nSPS) is 13.9. The summed E-state index contributed by atoms with van der Waals surface area (Å²) in [6.45, 7) is 3.10. The van der Waals surface area contributed by atoms with Crippen LogP contribution < -0.4 is 16.0 Å². The van der Waals surface area contributed by atoms with Crippen molar-refractivity contribution < 1.29 is 9.53 Å². The number of nitrogens with one attached hydrogen (secondary N) is 3. The molecule has 1 amide bonds. The van der Waals surface area contributed by atoms with Crippen LogP contribution in [0.5, 0.6) is 0 Å². The van der Waals surface area contributed by atoms with Gasteiger partial charge in [-0.15, -0.1) is 0 Å². The van der Waals surface area contributed by atoms with Crippen molar-refractivity contribution >= 4 is 17.5 Å². The molecule has 3 N–H and O–H groups in total. The number of anilines is 2. The van der Waals surface area contributed by atoms with E-state index in [9.17, 15) is 4.79 Å². The molecule has 2 rings (SSSR count). The molecule has 1 aliphatic carbocycles. The molecule has 1 heterocycles. The van der Waals surface area contributed by atoms with E-state index in [1.54, 1.807) is 13.1 Å². The van der Waals surface area contributed by atoms with Crippen LogP contribution in [-0.2, 0) is 16.1 Å². The van der Waals surface area contributed by atoms with Crippen LogP contribution in [0.4, 0.5) is 11.6 Å². The first-order valence-electron chi connectivity index (χ1n) is 6.88. The predicted molar refractivity (Wildman–Crippen MR) is 76.6 cm³/mol. The van der Waals surface area contributed by atoms with Crippen LogP contribution in [0.3, 0.4) is 0 Å². The lowest BCUT2D eigenvalue weighted by molar-refractivity contribution is -0.119. The Morgan fingerprint density at radius 2 is 2.15 bits per heavy atom. The minimum absolute atomic E-state index is 0.0107. The third-order valence-corrected chi connectivity index (χ3v) is 2.84. The van der Waals surface area contributed by atoms with Gasteiger partial charge in [0.25, 0.3) is 0 Å². The summed E-state index contributed by atoms with van der Waals surface area (Å²) in [7, 11) is 1.79. The fourth-order valence-corrected chi connectivity index (χ4v) is 1.65. The van der Waals surface area contributed by atoms with Crippen LogP contribution in [0.1, 0.15) is 25.6 Å². The standard InChI is InChI=1S/C13H21N5O2/c1-3-20-8-12-17-10(14-2)6-11(18-12)15-7-13(19)16-9-4-5-9/h6,9H,3-5,7-8H2,1-2H3,(H,16,19)(H2,14,15,17,18). The molecule has 1 aromatic rings. The number of aromatic nitrogens is 2. The van der Waals surface area contributed by atoms with Gasteiger partial charge >= 0.3 is 0 Å². The zero-order valence-electron chi connectivity index (χ0n) is 11.9. The Balaban J connectivity index is 1.92. The summed E-state index contributed by atoms with van der Waals surface area (Å²) in [5.74, 6) is 1.89. The minimum Gasteiger partial charge on any atom is -0.374 e. The maximum absolute atomic E-state index is 11.6. The van der Waals surface area contributed by atoms with Gasteiger partial charge in [0.15, 0.2) is 5.82 Å². The van der Waals surface area contributed by atoms with Crippen molar-refractivity contribution in [1.82, 2.24) is 15.3 Å². The summed E-state index contributed by atoms with van der Waals surface area (Å²) in [5, 5.41) is 8.89. The second-order valence-corrected chi connectivity index (χ2v) is 4.64. The predicted octanol–water partition coefficient (Wildman–Crippen LogP) is 0.745. The molecule has 20 heavy (non-hydrogen) atoms. The SMILES string of the molecule is CCOCc1nc(NC)cc(NCC(=O)NC2CC2)n1. The largest absolute Gasteiger partial charge is 0.374 e. The van der Waals surface area contributed by atoms with Gasteiger partial charge < -0.3 is 20.7 Å². The first-order chi connectivity index (χ1) is 9.71. The van der Waals surface area contributed by atoms with E-state index in [0.29, 0.717) is 36.7 Å². The number of carbonyl (C=O) groups is 1. The zero-order valence-corrected chi connectivity index (χ0v) is 11.9. The Morgan fingerprint density at radius 3 is 2.80 bits per heavy atom. The molecule has 1 saturated carbocycles. The van der Waals surface area contributed by atoms with E-state index >= 15 is 0 Å². The maximum atomic E-state index is 11.6. The summed E-state index contributed by atoms with van der Waals surface area (Å²) < 4.78 is 5.30. The number of hydrogen-bond acceptors (Lipinski definition) is 6. The number of rotatable bonds is 8. The van der Waals surface area contributed by atoms with Crippen molar-refractivity contribution in [1.29, 1.82) is 0 Å². The highest BCUT2D eigenvalue weighted by atomic mass is 16.5.